The largest absolute Gasteiger partial charge is 0.493 e. The number of hydrogen-bond acceptors (Lipinski definition) is 11. The van der Waals surface area contributed by atoms with Crippen LogP contribution < -0.4 is 15.0 Å². The number of nitrogens with zero attached hydrogens (tertiary/aromatic N) is 4. The van der Waals surface area contributed by atoms with Crippen molar-refractivity contribution in [3.63, 3.8) is 0 Å². The average Bonchev–Trinajstić information content (AvgIpc) is 3.62. The number of likely N-dealkylation sites (tertiary alicyclic amines) is 1. The van der Waals surface area contributed by atoms with E-state index in [1.807, 2.05) is 101 Å². The van der Waals surface area contributed by atoms with Crippen LogP contribution >= 0.6 is 11.3 Å². The quantitative estimate of drug-likeness (QED) is 0.0913. The van der Waals surface area contributed by atoms with Gasteiger partial charge < -0.3 is 19.1 Å². The standard InChI is InChI=1S/C46H53N5O6S/c1-6-55-41(52)29-50-24-21-31(22-25-50)12-11-27-56-38-17-10-14-33(30(38)2)34-19-20-40(48-42(34)44(54)57-46(3,4)5)51-26-23-32-13-9-15-35(36(32)28-51)43(53)49-45-47-37-16-7-8-18-39(37)58-45/h7-10,13-20,31H,6,11-12,21-29H2,1-5H3,(H,47,49,53). The summed E-state index contributed by atoms with van der Waals surface area (Å²) < 4.78 is 18.4. The molecule has 1 fully saturated rings. The van der Waals surface area contributed by atoms with Gasteiger partial charge in [-0.2, -0.15) is 0 Å². The molecule has 304 valence electrons. The van der Waals surface area contributed by atoms with Gasteiger partial charge in [0.15, 0.2) is 10.8 Å². The summed E-state index contributed by atoms with van der Waals surface area (Å²) in [6.45, 7) is 13.7. The molecule has 2 aliphatic heterocycles. The van der Waals surface area contributed by atoms with Gasteiger partial charge >= 0.3 is 11.9 Å². The van der Waals surface area contributed by atoms with Crippen LogP contribution in [0.15, 0.2) is 72.8 Å². The maximum absolute atomic E-state index is 13.9. The molecule has 2 aliphatic rings. The molecule has 0 bridgehead atoms. The smallest absolute Gasteiger partial charge is 0.358 e. The lowest BCUT2D eigenvalue weighted by Gasteiger charge is -2.31. The minimum atomic E-state index is -0.723. The zero-order valence-electron chi connectivity index (χ0n) is 34.1. The number of rotatable bonds is 13. The Hall–Kier alpha value is -5.33. The lowest BCUT2D eigenvalue weighted by molar-refractivity contribution is -0.144. The second-order valence-corrected chi connectivity index (χ2v) is 17.1. The summed E-state index contributed by atoms with van der Waals surface area (Å²) in [6.07, 6.45) is 4.84. The van der Waals surface area contributed by atoms with Crippen LogP contribution in [0.3, 0.4) is 0 Å². The summed E-state index contributed by atoms with van der Waals surface area (Å²) in [4.78, 5) is 53.4. The summed E-state index contributed by atoms with van der Waals surface area (Å²) >= 11 is 1.45. The van der Waals surface area contributed by atoms with E-state index in [4.69, 9.17) is 19.2 Å². The Balaban J connectivity index is 1.06. The second kappa shape index (κ2) is 18.1. The monoisotopic (exact) mass is 803 g/mol. The Morgan fingerprint density at radius 2 is 1.71 bits per heavy atom. The van der Waals surface area contributed by atoms with Gasteiger partial charge in [-0.3, -0.25) is 19.8 Å². The number of piperidine rings is 1. The number of benzene rings is 3. The number of thiazole rings is 1. The number of carbonyl (C=O) groups excluding carboxylic acids is 3. The Bertz CT molecular complexity index is 2240. The van der Waals surface area contributed by atoms with E-state index < -0.39 is 11.6 Å². The molecule has 12 heteroatoms. The molecule has 58 heavy (non-hydrogen) atoms. The highest BCUT2D eigenvalue weighted by Crippen LogP contribution is 2.36. The normalized spacial score (nSPS) is 14.9. The van der Waals surface area contributed by atoms with Crippen molar-refractivity contribution >= 4 is 50.3 Å². The number of amides is 1. The van der Waals surface area contributed by atoms with Gasteiger partial charge in [0.2, 0.25) is 0 Å². The summed E-state index contributed by atoms with van der Waals surface area (Å²) in [6, 6.07) is 23.5. The molecule has 0 aliphatic carbocycles. The third-order valence-corrected chi connectivity index (χ3v) is 11.7. The molecule has 1 saturated heterocycles. The van der Waals surface area contributed by atoms with Crippen molar-refractivity contribution in [2.24, 2.45) is 5.92 Å². The fraction of sp³-hybridized carbons (Fsp3) is 0.413. The fourth-order valence-electron chi connectivity index (χ4n) is 7.84. The van der Waals surface area contributed by atoms with E-state index in [2.05, 4.69) is 26.2 Å². The number of hydrogen-bond donors (Lipinski definition) is 1. The van der Waals surface area contributed by atoms with Crippen molar-refractivity contribution in [1.29, 1.82) is 0 Å². The van der Waals surface area contributed by atoms with Crippen LogP contribution in [-0.4, -0.2) is 77.7 Å². The molecule has 0 unspecified atom stereocenters. The number of para-hydroxylation sites is 1. The van der Waals surface area contributed by atoms with Gasteiger partial charge in [0.1, 0.15) is 17.2 Å². The van der Waals surface area contributed by atoms with Gasteiger partial charge in [0, 0.05) is 24.2 Å². The maximum Gasteiger partial charge on any atom is 0.358 e. The van der Waals surface area contributed by atoms with E-state index in [0.29, 0.717) is 60.8 Å². The van der Waals surface area contributed by atoms with Gasteiger partial charge in [-0.15, -0.1) is 0 Å². The Morgan fingerprint density at radius 1 is 0.914 bits per heavy atom. The number of esters is 2. The number of fused-ring (bicyclic) bond motifs is 2. The van der Waals surface area contributed by atoms with E-state index in [-0.39, 0.29) is 17.6 Å². The fourth-order valence-corrected chi connectivity index (χ4v) is 8.70. The molecule has 4 heterocycles. The minimum Gasteiger partial charge on any atom is -0.493 e. The van der Waals surface area contributed by atoms with Gasteiger partial charge in [0.25, 0.3) is 5.91 Å². The number of nitrogens with one attached hydrogen (secondary N) is 1. The molecule has 11 nitrogen and oxygen atoms in total. The number of pyridine rings is 1. The number of ether oxygens (including phenoxy) is 3. The lowest BCUT2D eigenvalue weighted by atomic mass is 9.92. The Morgan fingerprint density at radius 3 is 2.48 bits per heavy atom. The third-order valence-electron chi connectivity index (χ3n) is 10.8. The molecule has 0 saturated carbocycles. The van der Waals surface area contributed by atoms with Crippen LogP contribution in [0.1, 0.15) is 90.9 Å². The number of carbonyl (C=O) groups is 3. The molecule has 3 aromatic carbocycles. The average molecular weight is 804 g/mol. The molecule has 0 spiro atoms. The van der Waals surface area contributed by atoms with E-state index >= 15 is 0 Å². The summed E-state index contributed by atoms with van der Waals surface area (Å²) in [7, 11) is 0. The van der Waals surface area contributed by atoms with E-state index in [1.54, 1.807) is 0 Å². The van der Waals surface area contributed by atoms with E-state index in [0.717, 1.165) is 83.4 Å². The van der Waals surface area contributed by atoms with Crippen LogP contribution in [0.4, 0.5) is 10.9 Å². The van der Waals surface area contributed by atoms with Crippen LogP contribution in [0.25, 0.3) is 21.3 Å². The van der Waals surface area contributed by atoms with Crippen molar-refractivity contribution in [2.45, 2.75) is 78.9 Å². The Labute approximate surface area is 344 Å². The van der Waals surface area contributed by atoms with Crippen molar-refractivity contribution < 1.29 is 28.6 Å². The van der Waals surface area contributed by atoms with Crippen molar-refractivity contribution in [2.75, 3.05) is 49.6 Å². The Kier molecular flexibility index (Phi) is 12.7. The minimum absolute atomic E-state index is 0.149. The number of anilines is 2. The van der Waals surface area contributed by atoms with E-state index in [1.165, 1.54) is 11.3 Å². The van der Waals surface area contributed by atoms with Crippen molar-refractivity contribution in [3.05, 3.63) is 101 Å². The van der Waals surface area contributed by atoms with Crippen LogP contribution in [0.5, 0.6) is 5.75 Å². The second-order valence-electron chi connectivity index (χ2n) is 16.1. The molecular formula is C46H53N5O6S. The topological polar surface area (TPSA) is 123 Å². The van der Waals surface area contributed by atoms with Crippen LogP contribution in [-0.2, 0) is 27.2 Å². The molecule has 7 rings (SSSR count). The zero-order valence-corrected chi connectivity index (χ0v) is 35.0. The SMILES string of the molecule is CCOC(=O)CN1CCC(CCCOc2cccc(-c3ccc(N4CCc5cccc(C(=O)Nc6nc7ccccc7s6)c5C4)nc3C(=O)OC(C)(C)C)c2C)CC1. The summed E-state index contributed by atoms with van der Waals surface area (Å²) in [5.41, 5.74) is 5.43. The molecule has 2 aromatic heterocycles. The first-order chi connectivity index (χ1) is 28.0. The predicted octanol–water partition coefficient (Wildman–Crippen LogP) is 8.87. The lowest BCUT2D eigenvalue weighted by Crippen LogP contribution is -2.38. The third kappa shape index (κ3) is 9.85. The van der Waals surface area contributed by atoms with Crippen molar-refractivity contribution in [1.82, 2.24) is 14.9 Å². The zero-order chi connectivity index (χ0) is 40.8. The predicted molar refractivity (Wildman–Crippen MR) is 229 cm³/mol. The van der Waals surface area contributed by atoms with Gasteiger partial charge in [0.05, 0.1) is 30.0 Å². The number of aromatic nitrogens is 2. The van der Waals surface area contributed by atoms with Crippen LogP contribution in [0.2, 0.25) is 0 Å². The van der Waals surface area contributed by atoms with E-state index in [9.17, 15) is 14.4 Å². The van der Waals surface area contributed by atoms with Gasteiger partial charge in [-0.25, -0.2) is 14.8 Å². The first kappa shape index (κ1) is 40.9. The summed E-state index contributed by atoms with van der Waals surface area (Å²) in [5.74, 6) is 1.15. The molecule has 1 amide bonds. The van der Waals surface area contributed by atoms with Gasteiger partial charge in [-0.05, 0) is 144 Å². The molecular weight excluding hydrogens is 751 g/mol. The van der Waals surface area contributed by atoms with Crippen molar-refractivity contribution in [3.8, 4) is 16.9 Å². The maximum atomic E-state index is 13.9. The molecule has 0 atom stereocenters. The first-order valence-electron chi connectivity index (χ1n) is 20.3. The highest BCUT2D eigenvalue weighted by atomic mass is 32.1. The summed E-state index contributed by atoms with van der Waals surface area (Å²) in [5, 5.41) is 3.58. The van der Waals surface area contributed by atoms with Gasteiger partial charge in [-0.1, -0.05) is 47.7 Å². The molecule has 5 aromatic rings. The highest BCUT2D eigenvalue weighted by Gasteiger charge is 2.28. The highest BCUT2D eigenvalue weighted by molar-refractivity contribution is 7.22. The first-order valence-corrected chi connectivity index (χ1v) is 21.1. The van der Waals surface area contributed by atoms with Crippen LogP contribution in [0, 0.1) is 12.8 Å². The molecule has 1 N–H and O–H groups in total. The molecule has 0 radical (unpaired) electrons.